The summed E-state index contributed by atoms with van der Waals surface area (Å²) >= 11 is 0. The summed E-state index contributed by atoms with van der Waals surface area (Å²) in [6.45, 7) is 0. The van der Waals surface area contributed by atoms with E-state index in [1.165, 1.54) is 0 Å². The van der Waals surface area contributed by atoms with E-state index in [0.717, 1.165) is 66.2 Å². The zero-order chi connectivity index (χ0) is 55.9. The Kier molecular flexibility index (Phi) is 12.0. The summed E-state index contributed by atoms with van der Waals surface area (Å²) in [5, 5.41) is 3.24. The molecule has 0 amide bonds. The van der Waals surface area contributed by atoms with Gasteiger partial charge in [-0.15, -0.1) is 34.8 Å². The molecule has 2 aliphatic heterocycles. The van der Waals surface area contributed by atoms with Crippen LogP contribution < -0.4 is 38.2 Å². The molecule has 0 atom stereocenters. The molecule has 16 heterocycles. The quantitative estimate of drug-likeness (QED) is 0.0968. The van der Waals surface area contributed by atoms with Crippen LogP contribution in [-0.4, -0.2) is 69.8 Å². The van der Waals surface area contributed by atoms with Gasteiger partial charge in [-0.05, 0) is 48.5 Å². The summed E-state index contributed by atoms with van der Waals surface area (Å²) in [6, 6.07) is 37.8. The van der Waals surface area contributed by atoms with Crippen molar-refractivity contribution in [1.29, 1.82) is 0 Å². The predicted molar refractivity (Wildman–Crippen MR) is 306 cm³/mol. The van der Waals surface area contributed by atoms with Crippen LogP contribution in [0.2, 0.25) is 0 Å². The van der Waals surface area contributed by atoms with Gasteiger partial charge in [-0.1, -0.05) is 35.2 Å². The van der Waals surface area contributed by atoms with Crippen LogP contribution in [0.3, 0.4) is 0 Å². The molecule has 86 heavy (non-hydrogen) atoms. The van der Waals surface area contributed by atoms with Gasteiger partial charge in [0.15, 0.2) is 30.6 Å². The molecule has 16 bridgehead atoms. The van der Waals surface area contributed by atoms with Gasteiger partial charge in [0.25, 0.3) is 0 Å². The molecule has 406 valence electrons. The molecule has 14 aromatic heterocycles. The molecule has 2 radical (unpaired) electrons. The average molecular weight is 1200 g/mol. The minimum Gasteiger partial charge on any atom is -0.386 e. The minimum absolute atomic E-state index is 0. The molecule has 14 aromatic rings. The molecule has 0 aromatic carbocycles. The Morgan fingerprint density at radius 2 is 0.733 bits per heavy atom. The zero-order valence-electron chi connectivity index (χ0n) is 45.4. The van der Waals surface area contributed by atoms with E-state index >= 15 is 0 Å². The Morgan fingerprint density at radius 3 is 1.45 bits per heavy atom. The molecule has 24 heteroatoms. The van der Waals surface area contributed by atoms with Crippen LogP contribution >= 0.6 is 0 Å². The first kappa shape index (κ1) is 51.9. The normalized spacial score (nSPS) is 11.8. The summed E-state index contributed by atoms with van der Waals surface area (Å²) in [5.74, 6) is 1.87. The number of rotatable bonds is 0. The van der Waals surface area contributed by atoms with E-state index in [2.05, 4.69) is 32.1 Å². The molecule has 0 N–H and O–H groups in total. The summed E-state index contributed by atoms with van der Waals surface area (Å²) in [7, 11) is 7.94. The molecular formula is C62H36Fe2N22+4. The van der Waals surface area contributed by atoms with Crippen molar-refractivity contribution in [3.63, 3.8) is 0 Å². The second-order valence-electron chi connectivity index (χ2n) is 20.2. The third-order valence-electron chi connectivity index (χ3n) is 15.1. The predicted octanol–water partition coefficient (Wildman–Crippen LogP) is 5.94. The van der Waals surface area contributed by atoms with Crippen molar-refractivity contribution in [2.45, 2.75) is 0 Å². The first-order valence-electron chi connectivity index (χ1n) is 26.5. The number of pyridine rings is 8. The van der Waals surface area contributed by atoms with Crippen LogP contribution in [0.4, 0.5) is 0 Å². The van der Waals surface area contributed by atoms with E-state index in [4.69, 9.17) is 69.8 Å². The number of hydrogen-bond acceptors (Lipinski definition) is 14. The van der Waals surface area contributed by atoms with E-state index in [9.17, 15) is 0 Å². The van der Waals surface area contributed by atoms with Crippen LogP contribution in [0.1, 0.15) is 0 Å². The maximum Gasteiger partial charge on any atom is 3.00 e. The average Bonchev–Trinajstić information content (AvgIpc) is 1.82. The van der Waals surface area contributed by atoms with Crippen LogP contribution in [0.5, 0.6) is 0 Å². The number of nitrogens with zero attached hydrogens (tertiary/aromatic N) is 22. The zero-order valence-corrected chi connectivity index (χ0v) is 47.6. The van der Waals surface area contributed by atoms with Gasteiger partial charge < -0.3 is 64.8 Å². The Bertz CT molecular complexity index is 5120. The second-order valence-corrected chi connectivity index (χ2v) is 20.2. The molecule has 2 aliphatic carbocycles. The first-order valence-corrected chi connectivity index (χ1v) is 26.5. The topological polar surface area (TPSA) is 252 Å². The van der Waals surface area contributed by atoms with Crippen molar-refractivity contribution in [2.24, 2.45) is 28.2 Å². The molecule has 0 fully saturated rings. The van der Waals surface area contributed by atoms with Gasteiger partial charge in [0.1, 0.15) is 39.7 Å². The van der Waals surface area contributed by atoms with Crippen molar-refractivity contribution >= 4 is 88.8 Å². The number of fused-ring (bicyclic) bond motifs is 40. The van der Waals surface area contributed by atoms with Crippen molar-refractivity contribution in [3.8, 4) is 91.1 Å². The summed E-state index contributed by atoms with van der Waals surface area (Å²) in [4.78, 5) is 87.1. The molecule has 18 rings (SSSR count). The van der Waals surface area contributed by atoms with Crippen molar-refractivity contribution in [1.82, 2.24) is 89.7 Å². The van der Waals surface area contributed by atoms with Crippen LogP contribution in [0, 0.1) is 12.1 Å². The van der Waals surface area contributed by atoms with Crippen molar-refractivity contribution in [2.75, 3.05) is 0 Å². The van der Waals surface area contributed by atoms with Gasteiger partial charge in [-0.25, -0.2) is 19.1 Å². The van der Waals surface area contributed by atoms with E-state index in [1.54, 1.807) is 24.8 Å². The Balaban J connectivity index is 0.000000143. The van der Waals surface area contributed by atoms with Gasteiger partial charge in [0.2, 0.25) is 16.7 Å². The van der Waals surface area contributed by atoms with Crippen molar-refractivity contribution < 1.29 is 52.4 Å². The smallest absolute Gasteiger partial charge is 0.386 e. The number of hydrogen-bond donors (Lipinski definition) is 0. The number of aryl methyl sites for hydroxylation is 4. The van der Waals surface area contributed by atoms with Crippen LogP contribution in [-0.2, 0) is 62.3 Å². The van der Waals surface area contributed by atoms with Gasteiger partial charge in [0.05, 0.1) is 56.0 Å². The Morgan fingerprint density at radius 1 is 0.314 bits per heavy atom. The fraction of sp³-hybridized carbons (Fsp3) is 0.0645. The molecule has 0 saturated heterocycles. The van der Waals surface area contributed by atoms with Gasteiger partial charge in [-0.2, -0.15) is 16.7 Å². The molecule has 0 spiro atoms. The fourth-order valence-electron chi connectivity index (χ4n) is 11.3. The van der Waals surface area contributed by atoms with Gasteiger partial charge in [-0.3, -0.25) is 19.5 Å². The summed E-state index contributed by atoms with van der Waals surface area (Å²) < 4.78 is 8.07. The van der Waals surface area contributed by atoms with Gasteiger partial charge in [0, 0.05) is 93.2 Å². The molecular weight excluding hydrogens is 1160 g/mol. The monoisotopic (exact) mass is 1200 g/mol. The van der Waals surface area contributed by atoms with Crippen molar-refractivity contribution in [3.05, 3.63) is 159 Å². The van der Waals surface area contributed by atoms with E-state index < -0.39 is 0 Å². The third-order valence-corrected chi connectivity index (χ3v) is 15.1. The summed E-state index contributed by atoms with van der Waals surface area (Å²) in [6.07, 6.45) is 14.8. The van der Waals surface area contributed by atoms with E-state index in [-0.39, 0.29) is 34.1 Å². The standard InChI is InChI=1S/C33H24N11.C29H12N11.2Fe/c1-41-13-5-9-18-22-17-23(24(18)41)35-28-19-10-6-15-43(3)26(19)32(36-28)39-30-21-12-8-16-44(4)27(21)33(40-30)38-29-20-11-7-14-42(2)25(20)31(34-22)37-29;1-5-14-18-13-19(20(14)30-9-1)35-24-15-6-2-11-32-22(15)28(36-24)39-26-17-8-4-12-33-23(17)29(40-26)38-25-16-7-3-10-31-21(16)27(34-18)37-25;;/h5-16H,1-4H3;1-12H;;/q+1;-3;2*+3. The molecule has 0 saturated carbocycles. The van der Waals surface area contributed by atoms with E-state index in [1.807, 2.05) is 168 Å². The molecule has 4 aliphatic rings. The third kappa shape index (κ3) is 8.06. The van der Waals surface area contributed by atoms with Crippen LogP contribution in [0.25, 0.3) is 180 Å². The Labute approximate surface area is 506 Å². The summed E-state index contributed by atoms with van der Waals surface area (Å²) in [5.41, 5.74) is 15.5. The fourth-order valence-corrected chi connectivity index (χ4v) is 11.3. The second kappa shape index (κ2) is 19.9. The van der Waals surface area contributed by atoms with E-state index in [0.29, 0.717) is 114 Å². The van der Waals surface area contributed by atoms with Crippen LogP contribution in [0.15, 0.2) is 147 Å². The molecule has 0 unspecified atom stereocenters. The largest absolute Gasteiger partial charge is 3.00 e. The number of aromatic nitrogens is 22. The maximum absolute atomic E-state index is 5.09. The SMILES string of the molecule is C[n+]1cccc2c1-c1[c-]c-2nc2[n-]c(nc3nc(nc4[n-]c(n1)c1ccc[n+](C)c41)-c1ccc[n+](C)c1-3)c1ccc[n+](C)c21.[Fe+3].[Fe+3].[c-]1c2nc3[n-]c(nc4nc(nc5[n-]c(nc1-c1ncccc1-2)c1cccnc51)-c1cccnc1-4)c1cccnc31. The molecule has 22 nitrogen and oxygen atoms in total. The minimum atomic E-state index is 0. The first-order chi connectivity index (χ1) is 41.2. The maximum atomic E-state index is 5.09. The van der Waals surface area contributed by atoms with Gasteiger partial charge >= 0.3 is 34.1 Å². The Hall–Kier alpha value is -10.9.